The van der Waals surface area contributed by atoms with Gasteiger partial charge < -0.3 is 4.74 Å². The van der Waals surface area contributed by atoms with E-state index in [1.54, 1.807) is 0 Å². The van der Waals surface area contributed by atoms with Crippen LogP contribution in [0.1, 0.15) is 60.3 Å². The average molecular weight is 280 g/mol. The first-order chi connectivity index (χ1) is 9.33. The molecule has 0 amide bonds. The van der Waals surface area contributed by atoms with Crippen molar-refractivity contribution in [2.45, 2.75) is 60.3 Å². The highest BCUT2D eigenvalue weighted by Crippen LogP contribution is 2.45. The summed E-state index contributed by atoms with van der Waals surface area (Å²) in [6, 6.07) is 0. The molecule has 3 heteroatoms. The molecule has 0 aliphatic heterocycles. The summed E-state index contributed by atoms with van der Waals surface area (Å²) < 4.78 is 5.04. The molecule has 0 fully saturated rings. The third kappa shape index (κ3) is 3.71. The second-order valence-corrected chi connectivity index (χ2v) is 6.34. The second-order valence-electron chi connectivity index (χ2n) is 6.34. The second kappa shape index (κ2) is 7.05. The third-order valence-electron chi connectivity index (χ3n) is 4.52. The Morgan fingerprint density at radius 2 is 2.00 bits per heavy atom. The van der Waals surface area contributed by atoms with Crippen molar-refractivity contribution in [2.75, 3.05) is 6.61 Å². The molecule has 20 heavy (non-hydrogen) atoms. The van der Waals surface area contributed by atoms with Gasteiger partial charge in [-0.3, -0.25) is 9.59 Å². The van der Waals surface area contributed by atoms with Crippen molar-refractivity contribution in [2.24, 2.45) is 17.3 Å². The summed E-state index contributed by atoms with van der Waals surface area (Å²) in [6.07, 6.45) is 5.07. The Labute approximate surface area is 122 Å². The largest absolute Gasteiger partial charge is 0.466 e. The van der Waals surface area contributed by atoms with Gasteiger partial charge in [0.15, 0.2) is 0 Å². The van der Waals surface area contributed by atoms with Gasteiger partial charge in [0.25, 0.3) is 0 Å². The molecule has 0 aromatic heterocycles. The maximum Gasteiger partial charge on any atom is 0.306 e. The normalized spacial score (nSPS) is 24.2. The minimum absolute atomic E-state index is 0.00597. The van der Waals surface area contributed by atoms with E-state index in [1.807, 2.05) is 27.7 Å². The molecule has 0 aromatic carbocycles. The van der Waals surface area contributed by atoms with Gasteiger partial charge in [-0.15, -0.1) is 0 Å². The summed E-state index contributed by atoms with van der Waals surface area (Å²) in [7, 11) is 0. The van der Waals surface area contributed by atoms with Gasteiger partial charge in [-0.25, -0.2) is 0 Å². The molecule has 2 atom stereocenters. The van der Waals surface area contributed by atoms with Crippen LogP contribution < -0.4 is 0 Å². The topological polar surface area (TPSA) is 43.4 Å². The third-order valence-corrected chi connectivity index (χ3v) is 4.52. The van der Waals surface area contributed by atoms with Gasteiger partial charge in [0, 0.05) is 17.8 Å². The molecule has 1 rings (SSSR count). The number of Topliss-reactive ketones (excluding diaryl/α,β-unsaturated/α-hetero) is 1. The molecule has 0 N–H and O–H groups in total. The number of ketones is 1. The Hall–Kier alpha value is -1.12. The van der Waals surface area contributed by atoms with Crippen LogP contribution in [0.5, 0.6) is 0 Å². The van der Waals surface area contributed by atoms with Gasteiger partial charge in [-0.05, 0) is 39.0 Å². The molecule has 114 valence electrons. The molecule has 0 saturated heterocycles. The Balaban J connectivity index is 2.94. The van der Waals surface area contributed by atoms with Crippen molar-refractivity contribution < 1.29 is 14.3 Å². The lowest BCUT2D eigenvalue weighted by atomic mass is 9.62. The van der Waals surface area contributed by atoms with Gasteiger partial charge in [-0.2, -0.15) is 0 Å². The SMILES string of the molecule is CCOC(=O)CC(C)C1(C(=O)C(C)C)CC=C(C)CC1. The summed E-state index contributed by atoms with van der Waals surface area (Å²) >= 11 is 0. The van der Waals surface area contributed by atoms with E-state index in [9.17, 15) is 9.59 Å². The van der Waals surface area contributed by atoms with Crippen LogP contribution in [0.25, 0.3) is 0 Å². The van der Waals surface area contributed by atoms with Crippen LogP contribution in [0.15, 0.2) is 11.6 Å². The lowest BCUT2D eigenvalue weighted by Crippen LogP contribution is -2.42. The van der Waals surface area contributed by atoms with E-state index in [-0.39, 0.29) is 29.0 Å². The van der Waals surface area contributed by atoms with E-state index in [0.717, 1.165) is 19.3 Å². The molecule has 2 unspecified atom stereocenters. The minimum Gasteiger partial charge on any atom is -0.466 e. The molecular weight excluding hydrogens is 252 g/mol. The van der Waals surface area contributed by atoms with Crippen molar-refractivity contribution in [3.8, 4) is 0 Å². The predicted octanol–water partition coefficient (Wildman–Crippen LogP) is 3.92. The number of allylic oxidation sites excluding steroid dienone is 2. The van der Waals surface area contributed by atoms with Gasteiger partial charge in [-0.1, -0.05) is 32.4 Å². The van der Waals surface area contributed by atoms with E-state index >= 15 is 0 Å². The number of hydrogen-bond donors (Lipinski definition) is 0. The van der Waals surface area contributed by atoms with Crippen molar-refractivity contribution in [1.82, 2.24) is 0 Å². The van der Waals surface area contributed by atoms with Crippen LogP contribution in [0, 0.1) is 17.3 Å². The van der Waals surface area contributed by atoms with E-state index in [0.29, 0.717) is 13.0 Å². The fourth-order valence-corrected chi connectivity index (χ4v) is 3.14. The first-order valence-electron chi connectivity index (χ1n) is 7.69. The monoisotopic (exact) mass is 280 g/mol. The average Bonchev–Trinajstić information content (AvgIpc) is 2.39. The molecule has 0 bridgehead atoms. The Bertz CT molecular complexity index is 395. The number of carbonyl (C=O) groups is 2. The Morgan fingerprint density at radius 1 is 1.35 bits per heavy atom. The van der Waals surface area contributed by atoms with Crippen molar-refractivity contribution in [3.63, 3.8) is 0 Å². The molecule has 0 spiro atoms. The minimum atomic E-state index is -0.388. The Morgan fingerprint density at radius 3 is 2.45 bits per heavy atom. The quantitative estimate of drug-likeness (QED) is 0.547. The van der Waals surface area contributed by atoms with Crippen molar-refractivity contribution >= 4 is 11.8 Å². The summed E-state index contributed by atoms with van der Waals surface area (Å²) in [5.41, 5.74) is 0.959. The highest BCUT2D eigenvalue weighted by Gasteiger charge is 2.44. The molecule has 0 aromatic rings. The number of ether oxygens (including phenoxy) is 1. The summed E-state index contributed by atoms with van der Waals surface area (Å²) in [5.74, 6) is 0.132. The highest BCUT2D eigenvalue weighted by molar-refractivity contribution is 5.87. The number of carbonyl (C=O) groups excluding carboxylic acids is 2. The van der Waals surface area contributed by atoms with Crippen LogP contribution in [0.2, 0.25) is 0 Å². The van der Waals surface area contributed by atoms with Crippen LogP contribution in [0.3, 0.4) is 0 Å². The number of rotatable bonds is 6. The predicted molar refractivity (Wildman–Crippen MR) is 80.3 cm³/mol. The van der Waals surface area contributed by atoms with Crippen molar-refractivity contribution in [1.29, 1.82) is 0 Å². The van der Waals surface area contributed by atoms with Gasteiger partial charge in [0.2, 0.25) is 0 Å². The zero-order valence-electron chi connectivity index (χ0n) is 13.5. The fraction of sp³-hybridized carbons (Fsp3) is 0.765. The lowest BCUT2D eigenvalue weighted by Gasteiger charge is -2.41. The van der Waals surface area contributed by atoms with E-state index in [4.69, 9.17) is 4.74 Å². The smallest absolute Gasteiger partial charge is 0.306 e. The molecular formula is C17H28O3. The van der Waals surface area contributed by atoms with E-state index in [2.05, 4.69) is 13.0 Å². The molecule has 0 saturated carbocycles. The standard InChI is InChI=1S/C17H28O3/c1-6-20-15(18)11-14(5)17(16(19)12(2)3)9-7-13(4)8-10-17/h7,12,14H,6,8-11H2,1-5H3. The summed E-state index contributed by atoms with van der Waals surface area (Å²) in [6.45, 7) is 10.2. The van der Waals surface area contributed by atoms with Crippen LogP contribution in [-0.4, -0.2) is 18.4 Å². The molecule has 1 aliphatic carbocycles. The van der Waals surface area contributed by atoms with Crippen LogP contribution in [-0.2, 0) is 14.3 Å². The zero-order valence-corrected chi connectivity index (χ0v) is 13.5. The number of hydrogen-bond acceptors (Lipinski definition) is 3. The summed E-state index contributed by atoms with van der Waals surface area (Å²) in [5, 5.41) is 0. The van der Waals surface area contributed by atoms with Gasteiger partial charge in [0.1, 0.15) is 5.78 Å². The molecule has 0 radical (unpaired) electrons. The first-order valence-corrected chi connectivity index (χ1v) is 7.69. The maximum atomic E-state index is 12.7. The van der Waals surface area contributed by atoms with Crippen LogP contribution in [0.4, 0.5) is 0 Å². The zero-order chi connectivity index (χ0) is 15.3. The molecule has 1 aliphatic rings. The van der Waals surface area contributed by atoms with E-state index in [1.165, 1.54) is 5.57 Å². The summed E-state index contributed by atoms with van der Waals surface area (Å²) in [4.78, 5) is 24.5. The van der Waals surface area contributed by atoms with Crippen LogP contribution >= 0.6 is 0 Å². The highest BCUT2D eigenvalue weighted by atomic mass is 16.5. The van der Waals surface area contributed by atoms with Crippen molar-refractivity contribution in [3.05, 3.63) is 11.6 Å². The fourth-order valence-electron chi connectivity index (χ4n) is 3.14. The maximum absolute atomic E-state index is 12.7. The Kier molecular flexibility index (Phi) is 5.97. The van der Waals surface area contributed by atoms with E-state index < -0.39 is 0 Å². The van der Waals surface area contributed by atoms with Gasteiger partial charge >= 0.3 is 5.97 Å². The number of esters is 1. The molecule has 3 nitrogen and oxygen atoms in total. The first kappa shape index (κ1) is 16.9. The molecule has 0 heterocycles. The lowest BCUT2D eigenvalue weighted by molar-refractivity contribution is -0.147. The van der Waals surface area contributed by atoms with Gasteiger partial charge in [0.05, 0.1) is 6.61 Å².